The van der Waals surface area contributed by atoms with E-state index >= 15 is 0 Å². The molecule has 0 radical (unpaired) electrons. The van der Waals surface area contributed by atoms with E-state index < -0.39 is 0 Å². The fraction of sp³-hybridized carbons (Fsp3) is 0. The van der Waals surface area contributed by atoms with E-state index in [1.54, 1.807) is 0 Å². The number of benzene rings is 8. The van der Waals surface area contributed by atoms with E-state index in [-0.39, 0.29) is 0 Å². The molecular weight excluding hydrogens is 701 g/mol. The first-order valence-corrected chi connectivity index (χ1v) is 19.6. The second-order valence-electron chi connectivity index (χ2n) is 14.0. The number of nitrogens with zero attached hydrogens (tertiary/aromatic N) is 4. The number of hydrogen-bond acceptors (Lipinski definition) is 4. The standard InChI is InChI=1S/C51H32N4S/c1-4-15-33(16-5-1)36-21-14-22-37(31-36)44-32-38(27-28-43(44)51-53-49(34-17-6-2-7-18-34)52-50(54-51)35-19-8-3-9-20-35)55-45-25-12-10-23-39(45)41-29-30-42-40-24-11-13-26-46(40)56-48(42)47(41)55/h1-32H. The van der Waals surface area contributed by atoms with Crippen molar-refractivity contribution in [2.24, 2.45) is 0 Å². The lowest BCUT2D eigenvalue weighted by atomic mass is 9.94. The summed E-state index contributed by atoms with van der Waals surface area (Å²) < 4.78 is 5.03. The lowest BCUT2D eigenvalue weighted by molar-refractivity contribution is 1.07. The number of para-hydroxylation sites is 1. The Morgan fingerprint density at radius 3 is 1.66 bits per heavy atom. The summed E-state index contributed by atoms with van der Waals surface area (Å²) >= 11 is 1.87. The average molecular weight is 733 g/mol. The summed E-state index contributed by atoms with van der Waals surface area (Å²) in [7, 11) is 0. The highest BCUT2D eigenvalue weighted by Gasteiger charge is 2.21. The Morgan fingerprint density at radius 2 is 0.929 bits per heavy atom. The number of fused-ring (bicyclic) bond motifs is 7. The van der Waals surface area contributed by atoms with Crippen LogP contribution in [0.1, 0.15) is 0 Å². The zero-order valence-corrected chi connectivity index (χ0v) is 31.0. The van der Waals surface area contributed by atoms with Crippen molar-refractivity contribution in [1.82, 2.24) is 19.5 Å². The largest absolute Gasteiger partial charge is 0.308 e. The number of rotatable bonds is 6. The molecule has 0 aliphatic carbocycles. The Hall–Kier alpha value is -7.21. The minimum atomic E-state index is 0.624. The van der Waals surface area contributed by atoms with Crippen molar-refractivity contribution in [2.75, 3.05) is 0 Å². The fourth-order valence-electron chi connectivity index (χ4n) is 8.03. The van der Waals surface area contributed by atoms with Crippen LogP contribution in [0.15, 0.2) is 194 Å². The van der Waals surface area contributed by atoms with Gasteiger partial charge in [0.2, 0.25) is 0 Å². The monoisotopic (exact) mass is 732 g/mol. The third kappa shape index (κ3) is 5.40. The van der Waals surface area contributed by atoms with Gasteiger partial charge in [0, 0.05) is 48.6 Å². The van der Waals surface area contributed by atoms with Crippen molar-refractivity contribution >= 4 is 53.3 Å². The molecule has 8 aromatic carbocycles. The maximum atomic E-state index is 5.20. The maximum Gasteiger partial charge on any atom is 0.164 e. The normalized spacial score (nSPS) is 11.6. The van der Waals surface area contributed by atoms with E-state index in [2.05, 4.69) is 162 Å². The molecule has 11 rings (SSSR count). The molecule has 0 amide bonds. The van der Waals surface area contributed by atoms with Crippen LogP contribution in [0.3, 0.4) is 0 Å². The van der Waals surface area contributed by atoms with E-state index in [0.29, 0.717) is 17.5 Å². The molecule has 0 N–H and O–H groups in total. The molecule has 0 aliphatic heterocycles. The highest BCUT2D eigenvalue weighted by atomic mass is 32.1. The Labute approximate surface area is 327 Å². The lowest BCUT2D eigenvalue weighted by Gasteiger charge is -2.16. The molecule has 0 unspecified atom stereocenters. The topological polar surface area (TPSA) is 43.6 Å². The first kappa shape index (κ1) is 32.2. The van der Waals surface area contributed by atoms with Gasteiger partial charge in [-0.15, -0.1) is 11.3 Å². The Morgan fingerprint density at radius 1 is 0.357 bits per heavy atom. The Kier molecular flexibility index (Phi) is 7.64. The zero-order chi connectivity index (χ0) is 37.0. The van der Waals surface area contributed by atoms with Crippen molar-refractivity contribution in [3.05, 3.63) is 194 Å². The number of aromatic nitrogens is 4. The summed E-state index contributed by atoms with van der Waals surface area (Å²) in [6.45, 7) is 0. The molecule has 11 aromatic rings. The number of thiophene rings is 1. The molecule has 4 nitrogen and oxygen atoms in total. The SMILES string of the molecule is c1ccc(-c2cccc(-c3cc(-n4c5ccccc5c5ccc6c7ccccc7sc6c54)ccc3-c3nc(-c4ccccc4)nc(-c4ccccc4)n3)c2)cc1. The van der Waals surface area contributed by atoms with Crippen LogP contribution in [0, 0.1) is 0 Å². The molecule has 0 fully saturated rings. The van der Waals surface area contributed by atoms with E-state index in [1.807, 2.05) is 47.7 Å². The Bertz CT molecular complexity index is 3180. The molecule has 3 heterocycles. The first-order chi connectivity index (χ1) is 27.8. The van der Waals surface area contributed by atoms with E-state index in [0.717, 1.165) is 39.1 Å². The van der Waals surface area contributed by atoms with E-state index in [9.17, 15) is 0 Å². The van der Waals surface area contributed by atoms with Crippen LogP contribution in [0.2, 0.25) is 0 Å². The van der Waals surface area contributed by atoms with Gasteiger partial charge in [-0.3, -0.25) is 0 Å². The molecule has 0 spiro atoms. The molecule has 56 heavy (non-hydrogen) atoms. The zero-order valence-electron chi connectivity index (χ0n) is 30.2. The lowest BCUT2D eigenvalue weighted by Crippen LogP contribution is -2.02. The molecule has 3 aromatic heterocycles. The molecule has 0 bridgehead atoms. The molecule has 0 saturated heterocycles. The Balaban J connectivity index is 1.21. The van der Waals surface area contributed by atoms with Gasteiger partial charge in [0.15, 0.2) is 17.5 Å². The third-order valence-corrected chi connectivity index (χ3v) is 11.9. The van der Waals surface area contributed by atoms with Gasteiger partial charge in [0.05, 0.1) is 15.7 Å². The van der Waals surface area contributed by atoms with Crippen LogP contribution < -0.4 is 0 Å². The summed E-state index contributed by atoms with van der Waals surface area (Å²) in [6, 6.07) is 68.5. The quantitative estimate of drug-likeness (QED) is 0.171. The predicted octanol–water partition coefficient (Wildman–Crippen LogP) is 13.7. The van der Waals surface area contributed by atoms with Gasteiger partial charge >= 0.3 is 0 Å². The van der Waals surface area contributed by atoms with Gasteiger partial charge < -0.3 is 4.57 Å². The van der Waals surface area contributed by atoms with Crippen LogP contribution in [0.4, 0.5) is 0 Å². The predicted molar refractivity (Wildman–Crippen MR) is 234 cm³/mol. The van der Waals surface area contributed by atoms with Crippen LogP contribution >= 0.6 is 11.3 Å². The van der Waals surface area contributed by atoms with Gasteiger partial charge in [-0.25, -0.2) is 15.0 Å². The second kappa shape index (κ2) is 13.3. The van der Waals surface area contributed by atoms with Crippen molar-refractivity contribution in [1.29, 1.82) is 0 Å². The van der Waals surface area contributed by atoms with Crippen molar-refractivity contribution in [2.45, 2.75) is 0 Å². The highest BCUT2D eigenvalue weighted by molar-refractivity contribution is 7.26. The molecule has 0 saturated carbocycles. The molecule has 262 valence electrons. The minimum absolute atomic E-state index is 0.624. The summed E-state index contributed by atoms with van der Waals surface area (Å²) in [6.07, 6.45) is 0. The fourth-order valence-corrected chi connectivity index (χ4v) is 9.27. The molecule has 0 atom stereocenters. The van der Waals surface area contributed by atoms with Gasteiger partial charge in [-0.1, -0.05) is 158 Å². The van der Waals surface area contributed by atoms with Crippen molar-refractivity contribution in [3.63, 3.8) is 0 Å². The van der Waals surface area contributed by atoms with Gasteiger partial charge in [0.1, 0.15) is 0 Å². The summed E-state index contributed by atoms with van der Waals surface area (Å²) in [5.74, 6) is 1.90. The van der Waals surface area contributed by atoms with Crippen molar-refractivity contribution in [3.8, 4) is 62.1 Å². The summed E-state index contributed by atoms with van der Waals surface area (Å²) in [4.78, 5) is 15.4. The molecule has 0 aliphatic rings. The average Bonchev–Trinajstić information content (AvgIpc) is 3.83. The van der Waals surface area contributed by atoms with Gasteiger partial charge in [0.25, 0.3) is 0 Å². The third-order valence-electron chi connectivity index (χ3n) is 10.7. The van der Waals surface area contributed by atoms with Crippen LogP contribution in [0.5, 0.6) is 0 Å². The summed E-state index contributed by atoms with van der Waals surface area (Å²) in [5, 5.41) is 5.05. The smallest absolute Gasteiger partial charge is 0.164 e. The van der Waals surface area contributed by atoms with Crippen molar-refractivity contribution < 1.29 is 0 Å². The summed E-state index contributed by atoms with van der Waals surface area (Å²) in [5.41, 5.74) is 10.7. The van der Waals surface area contributed by atoms with Crippen LogP contribution in [0.25, 0.3) is 104 Å². The number of hydrogen-bond donors (Lipinski definition) is 0. The van der Waals surface area contributed by atoms with Crippen LogP contribution in [-0.2, 0) is 0 Å². The van der Waals surface area contributed by atoms with E-state index in [4.69, 9.17) is 15.0 Å². The first-order valence-electron chi connectivity index (χ1n) is 18.8. The van der Waals surface area contributed by atoms with Gasteiger partial charge in [-0.2, -0.15) is 0 Å². The highest BCUT2D eigenvalue weighted by Crippen LogP contribution is 2.44. The molecular formula is C51H32N4S. The second-order valence-corrected chi connectivity index (χ2v) is 15.1. The van der Waals surface area contributed by atoms with Crippen LogP contribution in [-0.4, -0.2) is 19.5 Å². The van der Waals surface area contributed by atoms with Gasteiger partial charge in [-0.05, 0) is 58.7 Å². The minimum Gasteiger partial charge on any atom is -0.308 e. The molecule has 5 heteroatoms. The maximum absolute atomic E-state index is 5.20. The van der Waals surface area contributed by atoms with E-state index in [1.165, 1.54) is 47.5 Å².